The van der Waals surface area contributed by atoms with Crippen LogP contribution in [0.25, 0.3) is 0 Å². The summed E-state index contributed by atoms with van der Waals surface area (Å²) in [7, 11) is 0. The van der Waals surface area contributed by atoms with E-state index in [1.807, 2.05) is 0 Å². The number of carbonyl (C=O) groups is 2. The number of hydrogen-bond acceptors (Lipinski definition) is 4. The Morgan fingerprint density at radius 2 is 2.25 bits per heavy atom. The molecule has 0 aromatic carbocycles. The van der Waals surface area contributed by atoms with Gasteiger partial charge in [0.15, 0.2) is 0 Å². The first-order chi connectivity index (χ1) is 7.72. The Kier molecular flexibility index (Phi) is 5.63. The van der Waals surface area contributed by atoms with Gasteiger partial charge in [0, 0.05) is 13.2 Å². The van der Waals surface area contributed by atoms with Crippen molar-refractivity contribution in [3.05, 3.63) is 0 Å². The lowest BCUT2D eigenvalue weighted by Gasteiger charge is -2.11. The molecule has 0 saturated carbocycles. The van der Waals surface area contributed by atoms with Crippen molar-refractivity contribution in [1.82, 2.24) is 10.6 Å². The predicted molar refractivity (Wildman–Crippen MR) is 57.0 cm³/mol. The highest BCUT2D eigenvalue weighted by Gasteiger charge is 2.16. The van der Waals surface area contributed by atoms with Gasteiger partial charge in [-0.25, -0.2) is 4.79 Å². The van der Waals surface area contributed by atoms with E-state index in [-0.39, 0.29) is 18.6 Å². The SMILES string of the molecule is CCOC(=O)NCC(=O)NCC1CCCO1. The summed E-state index contributed by atoms with van der Waals surface area (Å²) in [6.45, 7) is 3.21. The molecule has 0 aliphatic carbocycles. The second-order valence-electron chi connectivity index (χ2n) is 3.51. The van der Waals surface area contributed by atoms with E-state index in [1.165, 1.54) is 0 Å². The highest BCUT2D eigenvalue weighted by Crippen LogP contribution is 2.10. The first kappa shape index (κ1) is 12.8. The molecular formula is C10H18N2O4. The molecule has 0 aromatic heterocycles. The van der Waals surface area contributed by atoms with Crippen molar-refractivity contribution >= 4 is 12.0 Å². The molecule has 1 rings (SSSR count). The summed E-state index contributed by atoms with van der Waals surface area (Å²) in [6.07, 6.45) is 1.56. The van der Waals surface area contributed by atoms with Crippen LogP contribution in [-0.4, -0.2) is 44.4 Å². The molecule has 0 spiro atoms. The van der Waals surface area contributed by atoms with E-state index >= 15 is 0 Å². The summed E-state index contributed by atoms with van der Waals surface area (Å²) in [5, 5.41) is 5.03. The molecule has 6 nitrogen and oxygen atoms in total. The molecule has 92 valence electrons. The number of hydrogen-bond donors (Lipinski definition) is 2. The largest absolute Gasteiger partial charge is 0.450 e. The molecule has 0 aromatic rings. The van der Waals surface area contributed by atoms with Crippen LogP contribution in [0.1, 0.15) is 19.8 Å². The lowest BCUT2D eigenvalue weighted by Crippen LogP contribution is -2.40. The third-order valence-corrected chi connectivity index (χ3v) is 2.22. The van der Waals surface area contributed by atoms with Gasteiger partial charge in [-0.2, -0.15) is 0 Å². The fraction of sp³-hybridized carbons (Fsp3) is 0.800. The summed E-state index contributed by atoms with van der Waals surface area (Å²) < 4.78 is 9.96. The summed E-state index contributed by atoms with van der Waals surface area (Å²) in [4.78, 5) is 22.1. The smallest absolute Gasteiger partial charge is 0.407 e. The fourth-order valence-corrected chi connectivity index (χ4v) is 1.43. The molecule has 1 atom stereocenters. The standard InChI is InChI=1S/C10H18N2O4/c1-2-15-10(14)12-7-9(13)11-6-8-4-3-5-16-8/h8H,2-7H2,1H3,(H,11,13)(H,12,14). The molecule has 1 aliphatic heterocycles. The third-order valence-electron chi connectivity index (χ3n) is 2.22. The van der Waals surface area contributed by atoms with Crippen molar-refractivity contribution in [1.29, 1.82) is 0 Å². The Labute approximate surface area is 94.7 Å². The van der Waals surface area contributed by atoms with E-state index in [0.717, 1.165) is 19.4 Å². The molecule has 1 fully saturated rings. The van der Waals surface area contributed by atoms with Gasteiger partial charge in [-0.15, -0.1) is 0 Å². The molecule has 0 bridgehead atoms. The van der Waals surface area contributed by atoms with Gasteiger partial charge in [0.2, 0.25) is 5.91 Å². The lowest BCUT2D eigenvalue weighted by atomic mass is 10.2. The molecule has 1 aliphatic rings. The molecular weight excluding hydrogens is 212 g/mol. The molecule has 2 N–H and O–H groups in total. The molecule has 1 saturated heterocycles. The Morgan fingerprint density at radius 3 is 2.88 bits per heavy atom. The van der Waals surface area contributed by atoms with Gasteiger partial charge >= 0.3 is 6.09 Å². The number of carbonyl (C=O) groups excluding carboxylic acids is 2. The number of alkyl carbamates (subject to hydrolysis) is 1. The maximum Gasteiger partial charge on any atom is 0.407 e. The van der Waals surface area contributed by atoms with Gasteiger partial charge in [0.25, 0.3) is 0 Å². The molecule has 0 radical (unpaired) electrons. The summed E-state index contributed by atoms with van der Waals surface area (Å²) >= 11 is 0. The Bertz CT molecular complexity index is 239. The minimum absolute atomic E-state index is 0.0639. The average Bonchev–Trinajstić information content (AvgIpc) is 2.77. The monoisotopic (exact) mass is 230 g/mol. The van der Waals surface area contributed by atoms with E-state index in [0.29, 0.717) is 13.2 Å². The third kappa shape index (κ3) is 4.97. The van der Waals surface area contributed by atoms with Gasteiger partial charge in [-0.1, -0.05) is 0 Å². The highest BCUT2D eigenvalue weighted by atomic mass is 16.5. The zero-order valence-electron chi connectivity index (χ0n) is 9.45. The molecule has 16 heavy (non-hydrogen) atoms. The molecule has 6 heteroatoms. The summed E-state index contributed by atoms with van der Waals surface area (Å²) in [6, 6.07) is 0. The van der Waals surface area contributed by atoms with Crippen LogP contribution in [0, 0.1) is 0 Å². The quantitative estimate of drug-likeness (QED) is 0.698. The van der Waals surface area contributed by atoms with Gasteiger partial charge in [-0.3, -0.25) is 4.79 Å². The first-order valence-electron chi connectivity index (χ1n) is 5.51. The van der Waals surface area contributed by atoms with Gasteiger partial charge in [0.1, 0.15) is 0 Å². The summed E-state index contributed by atoms with van der Waals surface area (Å²) in [5.41, 5.74) is 0. The van der Waals surface area contributed by atoms with Crippen LogP contribution in [0.3, 0.4) is 0 Å². The number of rotatable bonds is 5. The van der Waals surface area contributed by atoms with Crippen LogP contribution >= 0.6 is 0 Å². The topological polar surface area (TPSA) is 76.7 Å². The Balaban J connectivity index is 2.04. The molecule has 1 heterocycles. The van der Waals surface area contributed by atoms with Crippen LogP contribution in [0.5, 0.6) is 0 Å². The molecule has 1 unspecified atom stereocenters. The van der Waals surface area contributed by atoms with E-state index in [2.05, 4.69) is 15.4 Å². The van der Waals surface area contributed by atoms with Crippen molar-refractivity contribution in [2.75, 3.05) is 26.3 Å². The van der Waals surface area contributed by atoms with Crippen molar-refractivity contribution in [3.63, 3.8) is 0 Å². The van der Waals surface area contributed by atoms with E-state index in [1.54, 1.807) is 6.92 Å². The van der Waals surface area contributed by atoms with Crippen LogP contribution in [0.15, 0.2) is 0 Å². The van der Waals surface area contributed by atoms with Gasteiger partial charge in [-0.05, 0) is 19.8 Å². The Morgan fingerprint density at radius 1 is 1.44 bits per heavy atom. The van der Waals surface area contributed by atoms with E-state index in [4.69, 9.17) is 4.74 Å². The van der Waals surface area contributed by atoms with Crippen molar-refractivity contribution in [3.8, 4) is 0 Å². The van der Waals surface area contributed by atoms with Crippen molar-refractivity contribution in [2.24, 2.45) is 0 Å². The number of ether oxygens (including phenoxy) is 2. The number of amides is 2. The van der Waals surface area contributed by atoms with Gasteiger partial charge < -0.3 is 20.1 Å². The van der Waals surface area contributed by atoms with E-state index < -0.39 is 6.09 Å². The average molecular weight is 230 g/mol. The minimum atomic E-state index is -0.574. The maximum atomic E-state index is 11.3. The van der Waals surface area contributed by atoms with E-state index in [9.17, 15) is 9.59 Å². The number of nitrogens with one attached hydrogen (secondary N) is 2. The normalized spacial score (nSPS) is 19.2. The zero-order chi connectivity index (χ0) is 11.8. The molecule has 2 amide bonds. The zero-order valence-corrected chi connectivity index (χ0v) is 9.45. The van der Waals surface area contributed by atoms with Crippen molar-refractivity contribution < 1.29 is 19.1 Å². The minimum Gasteiger partial charge on any atom is -0.450 e. The highest BCUT2D eigenvalue weighted by molar-refractivity contribution is 5.82. The maximum absolute atomic E-state index is 11.3. The lowest BCUT2D eigenvalue weighted by molar-refractivity contribution is -0.120. The van der Waals surface area contributed by atoms with Crippen LogP contribution in [0.2, 0.25) is 0 Å². The van der Waals surface area contributed by atoms with Crippen LogP contribution < -0.4 is 10.6 Å². The fourth-order valence-electron chi connectivity index (χ4n) is 1.43. The summed E-state index contributed by atoms with van der Waals surface area (Å²) in [5.74, 6) is -0.233. The van der Waals surface area contributed by atoms with Gasteiger partial charge in [0.05, 0.1) is 19.3 Å². The van der Waals surface area contributed by atoms with Crippen molar-refractivity contribution in [2.45, 2.75) is 25.9 Å². The predicted octanol–water partition coefficient (Wildman–Crippen LogP) is 0.0277. The second-order valence-corrected chi connectivity index (χ2v) is 3.51. The Hall–Kier alpha value is -1.30. The van der Waals surface area contributed by atoms with Crippen LogP contribution in [0.4, 0.5) is 4.79 Å². The second kappa shape index (κ2) is 7.05. The van der Waals surface area contributed by atoms with Crippen LogP contribution in [-0.2, 0) is 14.3 Å². The first-order valence-corrected chi connectivity index (χ1v) is 5.51.